The molecular formula is C13H17BrN2O4. The maximum atomic E-state index is 11.8. The Hall–Kier alpha value is -1.60. The highest BCUT2D eigenvalue weighted by Crippen LogP contribution is 2.18. The van der Waals surface area contributed by atoms with E-state index in [9.17, 15) is 9.59 Å². The summed E-state index contributed by atoms with van der Waals surface area (Å²) in [5.41, 5.74) is 1.56. The van der Waals surface area contributed by atoms with Gasteiger partial charge in [0, 0.05) is 30.3 Å². The van der Waals surface area contributed by atoms with Crippen molar-refractivity contribution in [3.63, 3.8) is 0 Å². The smallest absolute Gasteiger partial charge is 0.326 e. The number of aliphatic carboxylic acids is 1. The van der Waals surface area contributed by atoms with Gasteiger partial charge in [-0.25, -0.2) is 9.59 Å². The fraction of sp³-hybridized carbons (Fsp3) is 0.385. The highest BCUT2D eigenvalue weighted by Gasteiger charge is 2.19. The van der Waals surface area contributed by atoms with Crippen LogP contribution in [0.2, 0.25) is 0 Å². The molecule has 0 saturated heterocycles. The maximum absolute atomic E-state index is 11.8. The van der Waals surface area contributed by atoms with Gasteiger partial charge in [0.2, 0.25) is 0 Å². The first-order valence-electron chi connectivity index (χ1n) is 5.99. The van der Waals surface area contributed by atoms with E-state index in [1.165, 1.54) is 7.11 Å². The molecule has 0 saturated carbocycles. The average molecular weight is 345 g/mol. The lowest BCUT2D eigenvalue weighted by Crippen LogP contribution is -2.43. The topological polar surface area (TPSA) is 87.7 Å². The van der Waals surface area contributed by atoms with Crippen molar-refractivity contribution in [1.82, 2.24) is 5.32 Å². The molecule has 0 aliphatic heterocycles. The highest BCUT2D eigenvalue weighted by molar-refractivity contribution is 9.10. The summed E-state index contributed by atoms with van der Waals surface area (Å²) in [5.74, 6) is -1.09. The highest BCUT2D eigenvalue weighted by atomic mass is 79.9. The van der Waals surface area contributed by atoms with Crippen molar-refractivity contribution in [3.8, 4) is 0 Å². The number of hydrogen-bond donors (Lipinski definition) is 3. The first-order chi connectivity index (χ1) is 9.42. The van der Waals surface area contributed by atoms with E-state index in [2.05, 4.69) is 26.6 Å². The van der Waals surface area contributed by atoms with E-state index in [0.717, 1.165) is 10.0 Å². The van der Waals surface area contributed by atoms with Gasteiger partial charge in [0.1, 0.15) is 6.04 Å². The molecule has 20 heavy (non-hydrogen) atoms. The van der Waals surface area contributed by atoms with Gasteiger partial charge in [0.25, 0.3) is 0 Å². The number of halogens is 1. The molecule has 0 radical (unpaired) electrons. The SMILES string of the molecule is COCCC(NC(=O)Nc1cc(C)cc(Br)c1)C(=O)O. The minimum Gasteiger partial charge on any atom is -0.480 e. The standard InChI is InChI=1S/C13H17BrN2O4/c1-8-5-9(14)7-10(6-8)15-13(19)16-11(12(17)18)3-4-20-2/h5-7,11H,3-4H2,1-2H3,(H,17,18)(H2,15,16,19). The zero-order valence-electron chi connectivity index (χ0n) is 11.3. The molecule has 6 nitrogen and oxygen atoms in total. The molecular weight excluding hydrogens is 328 g/mol. The predicted molar refractivity (Wildman–Crippen MR) is 79.0 cm³/mol. The number of rotatable bonds is 6. The summed E-state index contributed by atoms with van der Waals surface area (Å²) < 4.78 is 5.65. The van der Waals surface area contributed by atoms with Crippen LogP contribution in [-0.4, -0.2) is 36.9 Å². The summed E-state index contributed by atoms with van der Waals surface area (Å²) >= 11 is 3.33. The van der Waals surface area contributed by atoms with Crippen LogP contribution < -0.4 is 10.6 Å². The van der Waals surface area contributed by atoms with Gasteiger partial charge >= 0.3 is 12.0 Å². The second-order valence-electron chi connectivity index (χ2n) is 4.29. The molecule has 0 aliphatic carbocycles. The van der Waals surface area contributed by atoms with E-state index >= 15 is 0 Å². The Bertz CT molecular complexity index is 473. The van der Waals surface area contributed by atoms with Crippen molar-refractivity contribution in [2.45, 2.75) is 19.4 Å². The first-order valence-corrected chi connectivity index (χ1v) is 6.78. The lowest BCUT2D eigenvalue weighted by molar-refractivity contribution is -0.139. The molecule has 1 aromatic rings. The Labute approximate surface area is 125 Å². The number of nitrogens with one attached hydrogen (secondary N) is 2. The number of carboxylic acids is 1. The van der Waals surface area contributed by atoms with E-state index < -0.39 is 18.0 Å². The number of carbonyl (C=O) groups is 2. The van der Waals surface area contributed by atoms with E-state index in [4.69, 9.17) is 9.84 Å². The van der Waals surface area contributed by atoms with Crippen LogP contribution in [0.15, 0.2) is 22.7 Å². The molecule has 110 valence electrons. The summed E-state index contributed by atoms with van der Waals surface area (Å²) in [6.45, 7) is 2.15. The van der Waals surface area contributed by atoms with Crippen molar-refractivity contribution in [3.05, 3.63) is 28.2 Å². The monoisotopic (exact) mass is 344 g/mol. The van der Waals surface area contributed by atoms with E-state index in [-0.39, 0.29) is 13.0 Å². The number of methoxy groups -OCH3 is 1. The number of ether oxygens (including phenoxy) is 1. The molecule has 0 bridgehead atoms. The molecule has 0 aromatic heterocycles. The average Bonchev–Trinajstić information content (AvgIpc) is 2.32. The minimum absolute atomic E-state index is 0.205. The van der Waals surface area contributed by atoms with Crippen molar-refractivity contribution in [1.29, 1.82) is 0 Å². The Morgan fingerprint density at radius 2 is 2.10 bits per heavy atom. The number of carboxylic acid groups (broad SMARTS) is 1. The van der Waals surface area contributed by atoms with Crippen LogP contribution in [0.4, 0.5) is 10.5 Å². The Morgan fingerprint density at radius 3 is 2.65 bits per heavy atom. The molecule has 1 unspecified atom stereocenters. The fourth-order valence-electron chi connectivity index (χ4n) is 1.63. The molecule has 1 rings (SSSR count). The number of anilines is 1. The summed E-state index contributed by atoms with van der Waals surface area (Å²) in [6.07, 6.45) is 0.205. The van der Waals surface area contributed by atoms with Gasteiger partial charge in [-0.1, -0.05) is 15.9 Å². The number of amides is 2. The quantitative estimate of drug-likeness (QED) is 0.739. The third-order valence-electron chi connectivity index (χ3n) is 2.51. The number of urea groups is 1. The van der Waals surface area contributed by atoms with Crippen molar-refractivity contribution in [2.24, 2.45) is 0 Å². The zero-order chi connectivity index (χ0) is 15.1. The zero-order valence-corrected chi connectivity index (χ0v) is 12.9. The lowest BCUT2D eigenvalue weighted by atomic mass is 10.2. The largest absolute Gasteiger partial charge is 0.480 e. The van der Waals surface area contributed by atoms with Crippen LogP contribution in [0.5, 0.6) is 0 Å². The van der Waals surface area contributed by atoms with Gasteiger partial charge < -0.3 is 20.5 Å². The summed E-state index contributed by atoms with van der Waals surface area (Å²) in [4.78, 5) is 22.8. The number of aryl methyl sites for hydroxylation is 1. The number of hydrogen-bond acceptors (Lipinski definition) is 3. The van der Waals surface area contributed by atoms with E-state index in [0.29, 0.717) is 5.69 Å². The van der Waals surface area contributed by atoms with Crippen LogP contribution in [0.25, 0.3) is 0 Å². The Morgan fingerprint density at radius 1 is 1.40 bits per heavy atom. The van der Waals surface area contributed by atoms with Crippen molar-refractivity contribution < 1.29 is 19.4 Å². The molecule has 0 spiro atoms. The van der Waals surface area contributed by atoms with Crippen LogP contribution in [0.3, 0.4) is 0 Å². The second kappa shape index (κ2) is 7.86. The predicted octanol–water partition coefficient (Wildman–Crippen LogP) is 2.37. The van der Waals surface area contributed by atoms with Gasteiger partial charge in [0.15, 0.2) is 0 Å². The van der Waals surface area contributed by atoms with E-state index in [1.54, 1.807) is 12.1 Å². The van der Waals surface area contributed by atoms with Gasteiger partial charge in [0.05, 0.1) is 0 Å². The lowest BCUT2D eigenvalue weighted by Gasteiger charge is -2.15. The molecule has 0 fully saturated rings. The molecule has 0 aliphatic rings. The molecule has 7 heteroatoms. The Balaban J connectivity index is 2.63. The number of carbonyl (C=O) groups excluding carboxylic acids is 1. The van der Waals surface area contributed by atoms with Crippen LogP contribution in [0.1, 0.15) is 12.0 Å². The van der Waals surface area contributed by atoms with Crippen LogP contribution in [0, 0.1) is 6.92 Å². The van der Waals surface area contributed by atoms with E-state index in [1.807, 2.05) is 13.0 Å². The minimum atomic E-state index is -1.09. The summed E-state index contributed by atoms with van der Waals surface area (Å²) in [6, 6.07) is 3.88. The molecule has 3 N–H and O–H groups in total. The third kappa shape index (κ3) is 5.58. The van der Waals surface area contributed by atoms with Gasteiger partial charge in [-0.05, 0) is 30.7 Å². The van der Waals surface area contributed by atoms with Crippen molar-refractivity contribution in [2.75, 3.05) is 19.0 Å². The normalized spacial score (nSPS) is 11.8. The summed E-state index contributed by atoms with van der Waals surface area (Å²) in [7, 11) is 1.48. The maximum Gasteiger partial charge on any atom is 0.326 e. The van der Waals surface area contributed by atoms with Crippen LogP contribution >= 0.6 is 15.9 Å². The molecule has 1 aromatic carbocycles. The van der Waals surface area contributed by atoms with Crippen LogP contribution in [-0.2, 0) is 9.53 Å². The van der Waals surface area contributed by atoms with Gasteiger partial charge in [-0.15, -0.1) is 0 Å². The van der Waals surface area contributed by atoms with Gasteiger partial charge in [-0.2, -0.15) is 0 Å². The molecule has 2 amide bonds. The summed E-state index contributed by atoms with van der Waals surface area (Å²) in [5, 5.41) is 14.0. The van der Waals surface area contributed by atoms with Crippen molar-refractivity contribution >= 4 is 33.6 Å². The third-order valence-corrected chi connectivity index (χ3v) is 2.97. The first kappa shape index (κ1) is 16.5. The Kier molecular flexibility index (Phi) is 6.47. The molecule has 1 atom stereocenters. The number of benzene rings is 1. The second-order valence-corrected chi connectivity index (χ2v) is 5.20. The molecule has 0 heterocycles. The van der Waals surface area contributed by atoms with Gasteiger partial charge in [-0.3, -0.25) is 0 Å². The fourth-order valence-corrected chi connectivity index (χ4v) is 2.23.